The van der Waals surface area contributed by atoms with Crippen LogP contribution in [0.3, 0.4) is 0 Å². The highest BCUT2D eigenvalue weighted by Crippen LogP contribution is 2.44. The van der Waals surface area contributed by atoms with Crippen molar-refractivity contribution in [2.45, 2.75) is 32.5 Å². The Morgan fingerprint density at radius 1 is 1.23 bits per heavy atom. The van der Waals surface area contributed by atoms with Crippen molar-refractivity contribution in [2.24, 2.45) is 0 Å². The second-order valence-electron chi connectivity index (χ2n) is 7.91. The molecule has 4 aromatic rings. The largest absolute Gasteiger partial charge is 0.463 e. The van der Waals surface area contributed by atoms with Crippen molar-refractivity contribution in [2.75, 3.05) is 24.8 Å². The van der Waals surface area contributed by atoms with Crippen LogP contribution in [0.15, 0.2) is 29.1 Å². The molecule has 156 valence electrons. The van der Waals surface area contributed by atoms with E-state index in [2.05, 4.69) is 23.8 Å². The Kier molecular flexibility index (Phi) is 4.70. The average molecular weight is 426 g/mol. The average Bonchev–Trinajstić information content (AvgIpc) is 3.38. The first-order valence-corrected chi connectivity index (χ1v) is 10.6. The van der Waals surface area contributed by atoms with Crippen molar-refractivity contribution in [3.63, 3.8) is 0 Å². The third-order valence-corrected chi connectivity index (χ3v) is 6.47. The minimum atomic E-state index is -0.306. The summed E-state index contributed by atoms with van der Waals surface area (Å²) in [7, 11) is 0. The molecule has 1 aliphatic rings. The fourth-order valence-electron chi connectivity index (χ4n) is 4.00. The van der Waals surface area contributed by atoms with Crippen LogP contribution in [0.2, 0.25) is 0 Å². The highest BCUT2D eigenvalue weighted by atomic mass is 32.1. The number of aromatic nitrogens is 3. The molecule has 0 saturated carbocycles. The number of thiophene rings is 1. The van der Waals surface area contributed by atoms with Gasteiger partial charge in [0, 0.05) is 23.9 Å². The lowest BCUT2D eigenvalue weighted by molar-refractivity contribution is -0.0395. The van der Waals surface area contributed by atoms with Crippen molar-refractivity contribution in [3.8, 4) is 11.5 Å². The van der Waals surface area contributed by atoms with Gasteiger partial charge in [0.25, 0.3) is 0 Å². The predicted molar refractivity (Wildman–Crippen MR) is 115 cm³/mol. The summed E-state index contributed by atoms with van der Waals surface area (Å²) in [5, 5.41) is 20.2. The molecule has 5 heterocycles. The fourth-order valence-corrected chi connectivity index (χ4v) is 5.18. The fraction of sp³-hybridized carbons (Fsp3) is 0.381. The summed E-state index contributed by atoms with van der Waals surface area (Å²) in [6.45, 7) is 4.56. The molecule has 0 aliphatic carbocycles. The van der Waals surface area contributed by atoms with Crippen LogP contribution in [0.25, 0.3) is 31.9 Å². The second kappa shape index (κ2) is 7.28. The number of aliphatic hydroxyl groups is 2. The first kappa shape index (κ1) is 19.4. The van der Waals surface area contributed by atoms with Gasteiger partial charge >= 0.3 is 0 Å². The normalized spacial score (nSPS) is 15.6. The number of aliphatic hydroxyl groups excluding tert-OH is 2. The van der Waals surface area contributed by atoms with Gasteiger partial charge < -0.3 is 24.3 Å². The summed E-state index contributed by atoms with van der Waals surface area (Å²) in [4.78, 5) is 16.4. The van der Waals surface area contributed by atoms with Crippen LogP contribution in [0.4, 0.5) is 5.82 Å². The van der Waals surface area contributed by atoms with E-state index in [-0.39, 0.29) is 25.5 Å². The number of hydrogen-bond acceptors (Lipinski definition) is 9. The summed E-state index contributed by atoms with van der Waals surface area (Å²) >= 11 is 1.49. The van der Waals surface area contributed by atoms with E-state index >= 15 is 0 Å². The molecule has 8 nitrogen and oxygen atoms in total. The van der Waals surface area contributed by atoms with E-state index in [9.17, 15) is 10.2 Å². The number of furan rings is 1. The number of fused-ring (bicyclic) bond motifs is 5. The maximum Gasteiger partial charge on any atom is 0.152 e. The molecule has 0 aromatic carbocycles. The van der Waals surface area contributed by atoms with E-state index in [4.69, 9.17) is 14.1 Å². The SMILES string of the molecule is CC1(C)Cc2c(c(-c3ccco3)nc3sc4c(N(CO)CCO)ncnc4c23)CO1. The minimum absolute atomic E-state index is 0.0846. The maximum atomic E-state index is 9.79. The molecule has 0 saturated heterocycles. The monoisotopic (exact) mass is 426 g/mol. The van der Waals surface area contributed by atoms with Gasteiger partial charge in [0.1, 0.15) is 23.6 Å². The zero-order valence-electron chi connectivity index (χ0n) is 16.8. The Bertz CT molecular complexity index is 1220. The van der Waals surface area contributed by atoms with E-state index in [1.807, 2.05) is 12.1 Å². The Morgan fingerprint density at radius 3 is 2.83 bits per heavy atom. The van der Waals surface area contributed by atoms with E-state index in [0.717, 1.165) is 43.7 Å². The van der Waals surface area contributed by atoms with Crippen LogP contribution in [-0.4, -0.2) is 50.6 Å². The molecule has 0 bridgehead atoms. The number of nitrogens with zero attached hydrogens (tertiary/aromatic N) is 4. The Balaban J connectivity index is 1.83. The number of rotatable bonds is 5. The van der Waals surface area contributed by atoms with Crippen LogP contribution in [-0.2, 0) is 17.8 Å². The lowest BCUT2D eigenvalue weighted by atomic mass is 9.89. The van der Waals surface area contributed by atoms with Gasteiger partial charge in [0.2, 0.25) is 0 Å². The summed E-state index contributed by atoms with van der Waals surface area (Å²) in [5.74, 6) is 1.30. The van der Waals surface area contributed by atoms with Gasteiger partial charge in [-0.3, -0.25) is 0 Å². The molecule has 0 amide bonds. The summed E-state index contributed by atoms with van der Waals surface area (Å²) < 4.78 is 12.6. The van der Waals surface area contributed by atoms with Gasteiger partial charge in [-0.2, -0.15) is 0 Å². The third-order valence-electron chi connectivity index (χ3n) is 5.40. The molecule has 30 heavy (non-hydrogen) atoms. The zero-order valence-corrected chi connectivity index (χ0v) is 17.6. The first-order valence-electron chi connectivity index (χ1n) is 9.76. The van der Waals surface area contributed by atoms with Crippen molar-refractivity contribution in [3.05, 3.63) is 35.9 Å². The lowest BCUT2D eigenvalue weighted by Crippen LogP contribution is -2.32. The van der Waals surface area contributed by atoms with E-state index in [1.54, 1.807) is 11.2 Å². The van der Waals surface area contributed by atoms with Crippen LogP contribution < -0.4 is 4.90 Å². The summed E-state index contributed by atoms with van der Waals surface area (Å²) in [6, 6.07) is 3.76. The van der Waals surface area contributed by atoms with E-state index < -0.39 is 0 Å². The first-order chi connectivity index (χ1) is 14.5. The number of anilines is 1. The van der Waals surface area contributed by atoms with Crippen molar-refractivity contribution < 1.29 is 19.4 Å². The van der Waals surface area contributed by atoms with Crippen LogP contribution in [0.5, 0.6) is 0 Å². The summed E-state index contributed by atoms with van der Waals surface area (Å²) in [5.41, 5.74) is 3.47. The van der Waals surface area contributed by atoms with Gasteiger partial charge in [0.05, 0.1) is 35.3 Å². The van der Waals surface area contributed by atoms with Gasteiger partial charge in [-0.05, 0) is 31.5 Å². The van der Waals surface area contributed by atoms with Crippen molar-refractivity contribution >= 4 is 37.6 Å². The maximum absolute atomic E-state index is 9.79. The minimum Gasteiger partial charge on any atom is -0.463 e. The lowest BCUT2D eigenvalue weighted by Gasteiger charge is -2.32. The van der Waals surface area contributed by atoms with Gasteiger partial charge in [0.15, 0.2) is 11.6 Å². The van der Waals surface area contributed by atoms with Gasteiger partial charge in [-0.1, -0.05) is 0 Å². The van der Waals surface area contributed by atoms with Gasteiger partial charge in [-0.15, -0.1) is 11.3 Å². The number of hydrogen-bond donors (Lipinski definition) is 2. The van der Waals surface area contributed by atoms with Gasteiger partial charge in [-0.25, -0.2) is 15.0 Å². The molecule has 5 rings (SSSR count). The molecule has 0 radical (unpaired) electrons. The van der Waals surface area contributed by atoms with E-state index in [0.29, 0.717) is 18.2 Å². The topological polar surface area (TPSA) is 105 Å². The Morgan fingerprint density at radius 2 is 2.10 bits per heavy atom. The summed E-state index contributed by atoms with van der Waals surface area (Å²) in [6.07, 6.45) is 3.87. The van der Waals surface area contributed by atoms with Crippen molar-refractivity contribution in [1.82, 2.24) is 15.0 Å². The van der Waals surface area contributed by atoms with Crippen LogP contribution in [0, 0.1) is 0 Å². The third kappa shape index (κ3) is 3.05. The molecule has 0 fully saturated rings. The van der Waals surface area contributed by atoms with Crippen molar-refractivity contribution in [1.29, 1.82) is 0 Å². The Labute approximate surface area is 176 Å². The Hall–Kier alpha value is -2.59. The molecule has 2 N–H and O–H groups in total. The number of ether oxygens (including phenoxy) is 1. The molecule has 0 spiro atoms. The van der Waals surface area contributed by atoms with Crippen LogP contribution >= 0.6 is 11.3 Å². The predicted octanol–water partition coefficient (Wildman–Crippen LogP) is 3.10. The highest BCUT2D eigenvalue weighted by molar-refractivity contribution is 7.26. The molecular weight excluding hydrogens is 404 g/mol. The quantitative estimate of drug-likeness (QED) is 0.469. The number of pyridine rings is 1. The van der Waals surface area contributed by atoms with Crippen LogP contribution in [0.1, 0.15) is 25.0 Å². The molecule has 0 unspecified atom stereocenters. The molecule has 0 atom stereocenters. The standard InChI is InChI=1S/C21H22N4O4S/c1-21(2)8-12-13(9-29-21)16(14-4-3-7-28-14)24-20-15(12)17-18(30-20)19(23-10-22-17)25(11-27)5-6-26/h3-4,7,10,26-27H,5-6,8-9,11H2,1-2H3. The highest BCUT2D eigenvalue weighted by Gasteiger charge is 2.32. The van der Waals surface area contributed by atoms with E-state index in [1.165, 1.54) is 17.7 Å². The molecule has 1 aliphatic heterocycles. The zero-order chi connectivity index (χ0) is 20.9. The molecule has 9 heteroatoms. The molecular formula is C21H22N4O4S. The molecule has 4 aromatic heterocycles. The second-order valence-corrected chi connectivity index (χ2v) is 8.90. The smallest absolute Gasteiger partial charge is 0.152 e.